The van der Waals surface area contributed by atoms with Crippen LogP contribution in [0.1, 0.15) is 30.2 Å². The van der Waals surface area contributed by atoms with Crippen LogP contribution < -0.4 is 5.32 Å². The maximum atomic E-state index is 11.2. The lowest BCUT2D eigenvalue weighted by Gasteiger charge is -2.04. The maximum absolute atomic E-state index is 11.2. The van der Waals surface area contributed by atoms with Crippen LogP contribution in [0, 0.1) is 13.8 Å². The number of fused-ring (bicyclic) bond motifs is 1. The van der Waals surface area contributed by atoms with Crippen LogP contribution in [0.25, 0.3) is 10.9 Å². The van der Waals surface area contributed by atoms with Gasteiger partial charge in [-0.25, -0.2) is 0 Å². The molecule has 0 saturated heterocycles. The van der Waals surface area contributed by atoms with Gasteiger partial charge in [0, 0.05) is 29.6 Å². The minimum absolute atomic E-state index is 0.115. The molecular formula is C15H20N2O. The Hall–Kier alpha value is -1.77. The fraction of sp³-hybridized carbons (Fsp3) is 0.400. The zero-order chi connectivity index (χ0) is 13.1. The van der Waals surface area contributed by atoms with Crippen molar-refractivity contribution in [2.75, 3.05) is 6.54 Å². The van der Waals surface area contributed by atoms with Crippen LogP contribution >= 0.6 is 0 Å². The Labute approximate surface area is 108 Å². The lowest BCUT2D eigenvalue weighted by Crippen LogP contribution is -2.24. The summed E-state index contributed by atoms with van der Waals surface area (Å²) in [4.78, 5) is 14.6. The predicted molar refractivity (Wildman–Crippen MR) is 74.8 cm³/mol. The number of nitrogens with one attached hydrogen (secondary N) is 2. The van der Waals surface area contributed by atoms with Gasteiger partial charge in [-0.3, -0.25) is 4.79 Å². The zero-order valence-electron chi connectivity index (χ0n) is 11.3. The largest absolute Gasteiger partial charge is 0.358 e. The van der Waals surface area contributed by atoms with E-state index in [1.54, 1.807) is 0 Å². The fourth-order valence-corrected chi connectivity index (χ4v) is 2.27. The maximum Gasteiger partial charge on any atom is 0.219 e. The van der Waals surface area contributed by atoms with Gasteiger partial charge in [-0.1, -0.05) is 18.6 Å². The molecule has 96 valence electrons. The number of hydrogen-bond acceptors (Lipinski definition) is 1. The molecule has 3 heteroatoms. The summed E-state index contributed by atoms with van der Waals surface area (Å²) in [6, 6.07) is 6.43. The van der Waals surface area contributed by atoms with Crippen molar-refractivity contribution in [3.05, 3.63) is 35.0 Å². The van der Waals surface area contributed by atoms with Crippen LogP contribution in [-0.4, -0.2) is 17.4 Å². The summed E-state index contributed by atoms with van der Waals surface area (Å²) in [5.74, 6) is 0.115. The number of benzene rings is 1. The first kappa shape index (κ1) is 12.7. The van der Waals surface area contributed by atoms with Gasteiger partial charge in [0.25, 0.3) is 0 Å². The average Bonchev–Trinajstić information content (AvgIpc) is 2.65. The molecule has 0 atom stereocenters. The summed E-state index contributed by atoms with van der Waals surface area (Å²) in [5, 5.41) is 4.20. The Morgan fingerprint density at radius 1 is 1.33 bits per heavy atom. The molecule has 0 saturated carbocycles. The molecule has 0 aliphatic rings. The number of amides is 1. The van der Waals surface area contributed by atoms with E-state index in [0.717, 1.165) is 6.42 Å². The highest BCUT2D eigenvalue weighted by atomic mass is 16.1. The van der Waals surface area contributed by atoms with Gasteiger partial charge in [0.1, 0.15) is 0 Å². The van der Waals surface area contributed by atoms with Gasteiger partial charge in [-0.05, 0) is 38.0 Å². The minimum Gasteiger partial charge on any atom is -0.358 e. The van der Waals surface area contributed by atoms with E-state index in [9.17, 15) is 4.79 Å². The third-order valence-electron chi connectivity index (χ3n) is 3.29. The standard InChI is InChI=1S/C15H20N2O/c1-4-15(18)16-8-7-12-11(3)17-14-6-5-10(2)9-13(12)14/h5-6,9,17H,4,7-8H2,1-3H3,(H,16,18). The number of carbonyl (C=O) groups excluding carboxylic acids is 1. The van der Waals surface area contributed by atoms with Crippen LogP contribution in [0.3, 0.4) is 0 Å². The van der Waals surface area contributed by atoms with Crippen molar-refractivity contribution in [3.8, 4) is 0 Å². The molecule has 1 aromatic heterocycles. The first-order valence-corrected chi connectivity index (χ1v) is 6.46. The van der Waals surface area contributed by atoms with E-state index in [1.807, 2.05) is 6.92 Å². The highest BCUT2D eigenvalue weighted by molar-refractivity contribution is 5.85. The highest BCUT2D eigenvalue weighted by Crippen LogP contribution is 2.23. The molecular weight excluding hydrogens is 224 g/mol. The van der Waals surface area contributed by atoms with Crippen LogP contribution in [-0.2, 0) is 11.2 Å². The average molecular weight is 244 g/mol. The quantitative estimate of drug-likeness (QED) is 0.853. The zero-order valence-corrected chi connectivity index (χ0v) is 11.3. The Balaban J connectivity index is 2.19. The van der Waals surface area contributed by atoms with Crippen molar-refractivity contribution in [3.63, 3.8) is 0 Å². The number of aryl methyl sites for hydroxylation is 2. The highest BCUT2D eigenvalue weighted by Gasteiger charge is 2.08. The van der Waals surface area contributed by atoms with Crippen LogP contribution in [0.5, 0.6) is 0 Å². The summed E-state index contributed by atoms with van der Waals surface area (Å²) in [5.41, 5.74) is 4.95. The van der Waals surface area contributed by atoms with E-state index >= 15 is 0 Å². The van der Waals surface area contributed by atoms with Gasteiger partial charge in [0.2, 0.25) is 5.91 Å². The molecule has 1 amide bonds. The summed E-state index contributed by atoms with van der Waals surface area (Å²) in [6.45, 7) is 6.76. The smallest absolute Gasteiger partial charge is 0.219 e. The molecule has 2 rings (SSSR count). The van der Waals surface area contributed by atoms with E-state index in [1.165, 1.54) is 27.7 Å². The molecule has 2 aromatic rings. The Kier molecular flexibility index (Phi) is 3.70. The van der Waals surface area contributed by atoms with Crippen molar-refractivity contribution in [2.45, 2.75) is 33.6 Å². The lowest BCUT2D eigenvalue weighted by atomic mass is 10.1. The number of aromatic amines is 1. The van der Waals surface area contributed by atoms with E-state index in [4.69, 9.17) is 0 Å². The second-order valence-corrected chi connectivity index (χ2v) is 4.73. The number of aromatic nitrogens is 1. The molecule has 0 radical (unpaired) electrons. The molecule has 0 aliphatic carbocycles. The van der Waals surface area contributed by atoms with Gasteiger partial charge >= 0.3 is 0 Å². The van der Waals surface area contributed by atoms with Gasteiger partial charge < -0.3 is 10.3 Å². The summed E-state index contributed by atoms with van der Waals surface area (Å²) in [6.07, 6.45) is 1.42. The molecule has 0 aliphatic heterocycles. The number of hydrogen-bond donors (Lipinski definition) is 2. The van der Waals surface area contributed by atoms with E-state index in [2.05, 4.69) is 42.3 Å². The first-order valence-electron chi connectivity index (χ1n) is 6.46. The Morgan fingerprint density at radius 3 is 2.83 bits per heavy atom. The number of H-pyrrole nitrogens is 1. The molecule has 0 bridgehead atoms. The van der Waals surface area contributed by atoms with Gasteiger partial charge in [-0.15, -0.1) is 0 Å². The first-order chi connectivity index (χ1) is 8.61. The fourth-order valence-electron chi connectivity index (χ4n) is 2.27. The van der Waals surface area contributed by atoms with Crippen LogP contribution in [0.15, 0.2) is 18.2 Å². The van der Waals surface area contributed by atoms with E-state index < -0.39 is 0 Å². The van der Waals surface area contributed by atoms with Crippen LogP contribution in [0.4, 0.5) is 0 Å². The number of rotatable bonds is 4. The second-order valence-electron chi connectivity index (χ2n) is 4.73. The molecule has 1 heterocycles. The van der Waals surface area contributed by atoms with Gasteiger partial charge in [-0.2, -0.15) is 0 Å². The Bertz CT molecular complexity index is 569. The van der Waals surface area contributed by atoms with E-state index in [0.29, 0.717) is 13.0 Å². The van der Waals surface area contributed by atoms with Crippen molar-refractivity contribution in [1.82, 2.24) is 10.3 Å². The monoisotopic (exact) mass is 244 g/mol. The molecule has 3 nitrogen and oxygen atoms in total. The third kappa shape index (κ3) is 2.55. The van der Waals surface area contributed by atoms with Gasteiger partial charge in [0.05, 0.1) is 0 Å². The van der Waals surface area contributed by atoms with E-state index in [-0.39, 0.29) is 5.91 Å². The second kappa shape index (κ2) is 5.25. The molecule has 18 heavy (non-hydrogen) atoms. The summed E-state index contributed by atoms with van der Waals surface area (Å²) >= 11 is 0. The minimum atomic E-state index is 0.115. The Morgan fingerprint density at radius 2 is 2.11 bits per heavy atom. The van der Waals surface area contributed by atoms with Crippen molar-refractivity contribution in [2.24, 2.45) is 0 Å². The predicted octanol–water partition coefficient (Wildman–Crippen LogP) is 2.85. The SMILES string of the molecule is CCC(=O)NCCc1c(C)[nH]c2ccc(C)cc12. The third-order valence-corrected chi connectivity index (χ3v) is 3.29. The summed E-state index contributed by atoms with van der Waals surface area (Å²) in [7, 11) is 0. The normalized spacial score (nSPS) is 10.8. The van der Waals surface area contributed by atoms with Gasteiger partial charge in [0.15, 0.2) is 0 Å². The molecule has 0 fully saturated rings. The molecule has 0 spiro atoms. The molecule has 1 aromatic carbocycles. The number of carbonyl (C=O) groups is 1. The summed E-state index contributed by atoms with van der Waals surface area (Å²) < 4.78 is 0. The van der Waals surface area contributed by atoms with Crippen molar-refractivity contribution < 1.29 is 4.79 Å². The van der Waals surface area contributed by atoms with Crippen LogP contribution in [0.2, 0.25) is 0 Å². The van der Waals surface area contributed by atoms with Crippen molar-refractivity contribution in [1.29, 1.82) is 0 Å². The lowest BCUT2D eigenvalue weighted by molar-refractivity contribution is -0.120. The topological polar surface area (TPSA) is 44.9 Å². The molecule has 2 N–H and O–H groups in total. The molecule has 0 unspecified atom stereocenters. The van der Waals surface area contributed by atoms with Crippen molar-refractivity contribution >= 4 is 16.8 Å².